The van der Waals surface area contributed by atoms with E-state index in [0.717, 1.165) is 24.3 Å². The molecular weight excluding hydrogens is 374 g/mol. The van der Waals surface area contributed by atoms with Crippen molar-refractivity contribution >= 4 is 29.3 Å². The van der Waals surface area contributed by atoms with Gasteiger partial charge in [0, 0.05) is 23.5 Å². The van der Waals surface area contributed by atoms with Gasteiger partial charge in [0.05, 0.1) is 6.61 Å². The van der Waals surface area contributed by atoms with E-state index in [-0.39, 0.29) is 11.8 Å². The standard InChI is InChI=1S/C21H29N3O3S/c1-15-6-7-17(20(25)22-8-5-11-24-9-3-4-10-24)14-18(15)23-21(26)19-16(2)27-12-13-28-19/h6-7,14H,3-5,8-13H2,1-2H3,(H,22,25)(H,23,26). The largest absolute Gasteiger partial charge is 0.496 e. The fourth-order valence-corrected chi connectivity index (χ4v) is 4.24. The summed E-state index contributed by atoms with van der Waals surface area (Å²) >= 11 is 1.50. The summed E-state index contributed by atoms with van der Waals surface area (Å²) in [5, 5.41) is 5.91. The predicted octanol–water partition coefficient (Wildman–Crippen LogP) is 3.14. The average Bonchev–Trinajstić information content (AvgIpc) is 3.20. The van der Waals surface area contributed by atoms with Gasteiger partial charge in [-0.2, -0.15) is 0 Å². The van der Waals surface area contributed by atoms with Crippen LogP contribution in [-0.4, -0.2) is 55.3 Å². The molecule has 6 nitrogen and oxygen atoms in total. The molecule has 0 aromatic heterocycles. The van der Waals surface area contributed by atoms with Crippen LogP contribution in [0.4, 0.5) is 5.69 Å². The van der Waals surface area contributed by atoms with E-state index in [0.29, 0.717) is 35.1 Å². The summed E-state index contributed by atoms with van der Waals surface area (Å²) in [5.41, 5.74) is 2.13. The van der Waals surface area contributed by atoms with Crippen molar-refractivity contribution in [2.45, 2.75) is 33.1 Å². The minimum Gasteiger partial charge on any atom is -0.496 e. The zero-order chi connectivity index (χ0) is 19.9. The van der Waals surface area contributed by atoms with Gasteiger partial charge in [0.15, 0.2) is 0 Å². The van der Waals surface area contributed by atoms with Gasteiger partial charge in [0.1, 0.15) is 10.7 Å². The van der Waals surface area contributed by atoms with Crippen LogP contribution in [-0.2, 0) is 9.53 Å². The number of carbonyl (C=O) groups is 2. The monoisotopic (exact) mass is 403 g/mol. The number of nitrogens with one attached hydrogen (secondary N) is 2. The number of nitrogens with zero attached hydrogens (tertiary/aromatic N) is 1. The Bertz CT molecular complexity index is 757. The molecule has 0 saturated carbocycles. The van der Waals surface area contributed by atoms with E-state index in [4.69, 9.17) is 4.74 Å². The number of benzene rings is 1. The second-order valence-corrected chi connectivity index (χ2v) is 8.33. The van der Waals surface area contributed by atoms with E-state index in [1.807, 2.05) is 13.0 Å². The summed E-state index contributed by atoms with van der Waals surface area (Å²) in [7, 11) is 0. The Morgan fingerprint density at radius 2 is 1.96 bits per heavy atom. The van der Waals surface area contributed by atoms with Crippen LogP contribution in [0.1, 0.15) is 42.1 Å². The van der Waals surface area contributed by atoms with Gasteiger partial charge in [-0.05, 0) is 70.4 Å². The third-order valence-electron chi connectivity index (χ3n) is 5.06. The third kappa shape index (κ3) is 5.52. The molecule has 152 valence electrons. The molecule has 2 aliphatic rings. The smallest absolute Gasteiger partial charge is 0.265 e. The van der Waals surface area contributed by atoms with Crippen molar-refractivity contribution in [3.8, 4) is 0 Å². The highest BCUT2D eigenvalue weighted by Gasteiger charge is 2.20. The summed E-state index contributed by atoms with van der Waals surface area (Å²) in [6, 6.07) is 5.40. The lowest BCUT2D eigenvalue weighted by atomic mass is 10.1. The molecule has 1 fully saturated rings. The molecule has 0 aliphatic carbocycles. The van der Waals surface area contributed by atoms with E-state index in [1.165, 1.54) is 37.7 Å². The Hall–Kier alpha value is -1.99. The zero-order valence-corrected chi connectivity index (χ0v) is 17.5. The van der Waals surface area contributed by atoms with E-state index in [9.17, 15) is 9.59 Å². The fraction of sp³-hybridized carbons (Fsp3) is 0.524. The van der Waals surface area contributed by atoms with Gasteiger partial charge in [-0.1, -0.05) is 6.07 Å². The molecule has 1 saturated heterocycles. The summed E-state index contributed by atoms with van der Waals surface area (Å²) in [5.74, 6) is 1.12. The lowest BCUT2D eigenvalue weighted by Crippen LogP contribution is -2.28. The highest BCUT2D eigenvalue weighted by Crippen LogP contribution is 2.27. The molecule has 0 spiro atoms. The van der Waals surface area contributed by atoms with Gasteiger partial charge in [0.2, 0.25) is 0 Å². The maximum atomic E-state index is 12.6. The lowest BCUT2D eigenvalue weighted by molar-refractivity contribution is -0.112. The topological polar surface area (TPSA) is 70.7 Å². The van der Waals surface area contributed by atoms with Crippen LogP contribution in [0.25, 0.3) is 0 Å². The van der Waals surface area contributed by atoms with E-state index >= 15 is 0 Å². The normalized spacial score (nSPS) is 17.4. The van der Waals surface area contributed by atoms with Crippen molar-refractivity contribution in [2.24, 2.45) is 0 Å². The Kier molecular flexibility index (Phi) is 7.39. The molecule has 3 rings (SSSR count). The number of hydrogen-bond acceptors (Lipinski definition) is 5. The second kappa shape index (κ2) is 9.98. The number of rotatable bonds is 7. The molecule has 28 heavy (non-hydrogen) atoms. The van der Waals surface area contributed by atoms with Gasteiger partial charge >= 0.3 is 0 Å². The predicted molar refractivity (Wildman–Crippen MR) is 114 cm³/mol. The SMILES string of the molecule is CC1=C(C(=O)Nc2cc(C(=O)NCCCN3CCCC3)ccc2C)SCCO1. The van der Waals surface area contributed by atoms with Gasteiger partial charge in [0.25, 0.3) is 11.8 Å². The number of anilines is 1. The van der Waals surface area contributed by atoms with Crippen LogP contribution in [0.3, 0.4) is 0 Å². The number of carbonyl (C=O) groups excluding carboxylic acids is 2. The van der Waals surface area contributed by atoms with Gasteiger partial charge < -0.3 is 20.3 Å². The highest BCUT2D eigenvalue weighted by molar-refractivity contribution is 8.04. The number of aryl methyl sites for hydroxylation is 1. The van der Waals surface area contributed by atoms with E-state index in [1.54, 1.807) is 19.1 Å². The summed E-state index contributed by atoms with van der Waals surface area (Å²) in [6.45, 7) is 8.38. The van der Waals surface area contributed by atoms with Crippen LogP contribution in [0, 0.1) is 6.92 Å². The molecule has 0 atom stereocenters. The Balaban J connectivity index is 1.55. The number of ether oxygens (including phenoxy) is 1. The van der Waals surface area contributed by atoms with Gasteiger partial charge in [-0.25, -0.2) is 0 Å². The number of likely N-dealkylation sites (tertiary alicyclic amines) is 1. The zero-order valence-electron chi connectivity index (χ0n) is 16.7. The Morgan fingerprint density at radius 1 is 1.18 bits per heavy atom. The minimum absolute atomic E-state index is 0.109. The molecule has 7 heteroatoms. The molecule has 2 aliphatic heterocycles. The van der Waals surface area contributed by atoms with E-state index < -0.39 is 0 Å². The first-order valence-electron chi connectivity index (χ1n) is 9.93. The molecule has 2 amide bonds. The summed E-state index contributed by atoms with van der Waals surface area (Å²) in [4.78, 5) is 28.1. The number of amides is 2. The van der Waals surface area contributed by atoms with E-state index in [2.05, 4.69) is 15.5 Å². The Labute approximate surface area is 171 Å². The first kappa shape index (κ1) is 20.7. The molecule has 0 bridgehead atoms. The number of thioether (sulfide) groups is 1. The molecule has 0 unspecified atom stereocenters. The second-order valence-electron chi connectivity index (χ2n) is 7.22. The average molecular weight is 404 g/mol. The molecule has 2 heterocycles. The Morgan fingerprint density at radius 3 is 2.71 bits per heavy atom. The molecule has 1 aromatic rings. The lowest BCUT2D eigenvalue weighted by Gasteiger charge is -2.18. The van der Waals surface area contributed by atoms with Crippen LogP contribution in [0.5, 0.6) is 0 Å². The van der Waals surface area contributed by atoms with Crippen molar-refractivity contribution in [1.29, 1.82) is 0 Å². The fourth-order valence-electron chi connectivity index (χ4n) is 3.42. The van der Waals surface area contributed by atoms with Crippen LogP contribution < -0.4 is 10.6 Å². The molecule has 0 radical (unpaired) electrons. The van der Waals surface area contributed by atoms with Crippen molar-refractivity contribution in [1.82, 2.24) is 10.2 Å². The summed E-state index contributed by atoms with van der Waals surface area (Å²) in [6.07, 6.45) is 3.52. The maximum Gasteiger partial charge on any atom is 0.265 e. The van der Waals surface area contributed by atoms with Crippen LogP contribution in [0.2, 0.25) is 0 Å². The quantitative estimate of drug-likeness (QED) is 0.685. The van der Waals surface area contributed by atoms with Crippen molar-refractivity contribution in [2.75, 3.05) is 43.9 Å². The summed E-state index contributed by atoms with van der Waals surface area (Å²) < 4.78 is 5.46. The van der Waals surface area contributed by atoms with Crippen molar-refractivity contribution in [3.05, 3.63) is 40.0 Å². The van der Waals surface area contributed by atoms with Crippen LogP contribution in [0.15, 0.2) is 28.9 Å². The highest BCUT2D eigenvalue weighted by atomic mass is 32.2. The van der Waals surface area contributed by atoms with Gasteiger partial charge in [-0.3, -0.25) is 9.59 Å². The molecule has 1 aromatic carbocycles. The molecular formula is C21H29N3O3S. The first-order valence-corrected chi connectivity index (χ1v) is 10.9. The number of allylic oxidation sites excluding steroid dienone is 1. The van der Waals surface area contributed by atoms with Gasteiger partial charge in [-0.15, -0.1) is 11.8 Å². The maximum absolute atomic E-state index is 12.6. The van der Waals surface area contributed by atoms with Crippen molar-refractivity contribution in [3.63, 3.8) is 0 Å². The number of hydrogen-bond donors (Lipinski definition) is 2. The minimum atomic E-state index is -0.187. The molecule has 2 N–H and O–H groups in total. The third-order valence-corrected chi connectivity index (χ3v) is 6.19. The van der Waals surface area contributed by atoms with Crippen molar-refractivity contribution < 1.29 is 14.3 Å². The van der Waals surface area contributed by atoms with Crippen LogP contribution >= 0.6 is 11.8 Å². The first-order chi connectivity index (χ1) is 13.5.